The summed E-state index contributed by atoms with van der Waals surface area (Å²) < 4.78 is 5.63. The van der Waals surface area contributed by atoms with E-state index in [0.29, 0.717) is 13.1 Å². The molecule has 0 aliphatic carbocycles. The van der Waals surface area contributed by atoms with Gasteiger partial charge in [0.1, 0.15) is 5.75 Å². The van der Waals surface area contributed by atoms with Gasteiger partial charge in [0.25, 0.3) is 5.91 Å². The SMILES string of the molecule is COc1ccc(NN2CCN(C(=O)c3cccc(C)c3C)CC2)cc1N1CCN(C)CC1. The van der Waals surface area contributed by atoms with Gasteiger partial charge < -0.3 is 24.9 Å². The number of piperazine rings is 2. The molecular formula is C25H35N5O2. The second-order valence-electron chi connectivity index (χ2n) is 8.82. The first kappa shape index (κ1) is 22.4. The lowest BCUT2D eigenvalue weighted by molar-refractivity contribution is 0.0662. The summed E-state index contributed by atoms with van der Waals surface area (Å²) in [6.07, 6.45) is 0. The number of benzene rings is 2. The highest BCUT2D eigenvalue weighted by Gasteiger charge is 2.24. The van der Waals surface area contributed by atoms with E-state index < -0.39 is 0 Å². The molecule has 1 N–H and O–H groups in total. The summed E-state index contributed by atoms with van der Waals surface area (Å²) in [5.41, 5.74) is 8.78. The van der Waals surface area contributed by atoms with Crippen molar-refractivity contribution < 1.29 is 9.53 Å². The zero-order chi connectivity index (χ0) is 22.7. The number of ether oxygens (including phenoxy) is 1. The van der Waals surface area contributed by atoms with Crippen molar-refractivity contribution in [3.8, 4) is 5.75 Å². The van der Waals surface area contributed by atoms with Crippen molar-refractivity contribution in [2.75, 3.05) is 76.8 Å². The molecule has 0 bridgehead atoms. The molecule has 0 radical (unpaired) electrons. The highest BCUT2D eigenvalue weighted by atomic mass is 16.5. The van der Waals surface area contributed by atoms with Crippen LogP contribution in [0.1, 0.15) is 21.5 Å². The first-order chi connectivity index (χ1) is 15.5. The smallest absolute Gasteiger partial charge is 0.254 e. The van der Waals surface area contributed by atoms with Gasteiger partial charge in [0.05, 0.1) is 18.5 Å². The number of nitrogens with zero attached hydrogens (tertiary/aromatic N) is 4. The van der Waals surface area contributed by atoms with Crippen molar-refractivity contribution >= 4 is 17.3 Å². The molecule has 172 valence electrons. The summed E-state index contributed by atoms with van der Waals surface area (Å²) in [7, 11) is 3.89. The van der Waals surface area contributed by atoms with Crippen LogP contribution in [0.25, 0.3) is 0 Å². The van der Waals surface area contributed by atoms with Gasteiger partial charge in [-0.1, -0.05) is 12.1 Å². The number of carbonyl (C=O) groups is 1. The third kappa shape index (κ3) is 4.84. The van der Waals surface area contributed by atoms with Gasteiger partial charge in [0.15, 0.2) is 0 Å². The monoisotopic (exact) mass is 437 g/mol. The van der Waals surface area contributed by atoms with E-state index in [4.69, 9.17) is 4.74 Å². The maximum Gasteiger partial charge on any atom is 0.254 e. The van der Waals surface area contributed by atoms with E-state index in [2.05, 4.69) is 52.4 Å². The number of anilines is 2. The van der Waals surface area contributed by atoms with Crippen LogP contribution < -0.4 is 15.1 Å². The number of hydrogen-bond donors (Lipinski definition) is 1. The number of aryl methyl sites for hydroxylation is 1. The largest absolute Gasteiger partial charge is 0.495 e. The van der Waals surface area contributed by atoms with Gasteiger partial charge in [-0.15, -0.1) is 0 Å². The lowest BCUT2D eigenvalue weighted by Gasteiger charge is -2.37. The molecule has 2 aromatic rings. The highest BCUT2D eigenvalue weighted by Crippen LogP contribution is 2.32. The molecule has 2 aromatic carbocycles. The molecule has 4 rings (SSSR count). The zero-order valence-corrected chi connectivity index (χ0v) is 19.7. The van der Waals surface area contributed by atoms with Gasteiger partial charge in [0, 0.05) is 57.9 Å². The minimum Gasteiger partial charge on any atom is -0.495 e. The molecule has 0 saturated carbocycles. The quantitative estimate of drug-likeness (QED) is 0.776. The Balaban J connectivity index is 1.38. The van der Waals surface area contributed by atoms with Crippen LogP contribution in [0.2, 0.25) is 0 Å². The fourth-order valence-corrected chi connectivity index (χ4v) is 4.41. The Labute approximate surface area is 191 Å². The molecule has 2 saturated heterocycles. The van der Waals surface area contributed by atoms with Gasteiger partial charge in [0.2, 0.25) is 0 Å². The predicted octanol–water partition coefficient (Wildman–Crippen LogP) is 2.85. The number of amides is 1. The maximum atomic E-state index is 13.0. The average molecular weight is 438 g/mol. The Hall–Kier alpha value is -2.77. The van der Waals surface area contributed by atoms with Gasteiger partial charge in [-0.25, -0.2) is 5.01 Å². The minimum atomic E-state index is 0.132. The predicted molar refractivity (Wildman–Crippen MR) is 130 cm³/mol. The Kier molecular flexibility index (Phi) is 6.86. The summed E-state index contributed by atoms with van der Waals surface area (Å²) in [4.78, 5) is 19.7. The Morgan fingerprint density at radius 2 is 1.66 bits per heavy atom. The van der Waals surface area contributed by atoms with Crippen LogP contribution in [0, 0.1) is 13.8 Å². The van der Waals surface area contributed by atoms with Gasteiger partial charge >= 0.3 is 0 Å². The molecule has 32 heavy (non-hydrogen) atoms. The molecule has 2 aliphatic rings. The minimum absolute atomic E-state index is 0.132. The topological polar surface area (TPSA) is 51.3 Å². The number of nitrogens with one attached hydrogen (secondary N) is 1. The number of rotatable bonds is 5. The highest BCUT2D eigenvalue weighted by molar-refractivity contribution is 5.96. The molecule has 2 heterocycles. The maximum absolute atomic E-state index is 13.0. The normalized spacial score (nSPS) is 18.0. The molecule has 2 aliphatic heterocycles. The van der Waals surface area contributed by atoms with Crippen LogP contribution in [0.3, 0.4) is 0 Å². The van der Waals surface area contributed by atoms with Crippen molar-refractivity contribution in [1.82, 2.24) is 14.8 Å². The van der Waals surface area contributed by atoms with Crippen molar-refractivity contribution in [3.63, 3.8) is 0 Å². The summed E-state index contributed by atoms with van der Waals surface area (Å²) in [6, 6.07) is 12.2. The van der Waals surface area contributed by atoms with Gasteiger partial charge in [-0.05, 0) is 56.3 Å². The molecule has 7 nitrogen and oxygen atoms in total. The van der Waals surface area contributed by atoms with E-state index in [-0.39, 0.29) is 5.91 Å². The van der Waals surface area contributed by atoms with E-state index in [1.807, 2.05) is 30.0 Å². The lowest BCUT2D eigenvalue weighted by atomic mass is 10.0. The van der Waals surface area contributed by atoms with Crippen molar-refractivity contribution in [3.05, 3.63) is 53.1 Å². The first-order valence-electron chi connectivity index (χ1n) is 11.4. The average Bonchev–Trinajstić information content (AvgIpc) is 2.81. The van der Waals surface area contributed by atoms with Crippen LogP contribution in [0.4, 0.5) is 11.4 Å². The van der Waals surface area contributed by atoms with Crippen molar-refractivity contribution in [2.24, 2.45) is 0 Å². The van der Waals surface area contributed by atoms with E-state index in [0.717, 1.165) is 73.1 Å². The van der Waals surface area contributed by atoms with Crippen LogP contribution >= 0.6 is 0 Å². The molecular weight excluding hydrogens is 402 g/mol. The fourth-order valence-electron chi connectivity index (χ4n) is 4.41. The summed E-state index contributed by atoms with van der Waals surface area (Å²) in [5.74, 6) is 1.04. The second-order valence-corrected chi connectivity index (χ2v) is 8.82. The van der Waals surface area contributed by atoms with E-state index >= 15 is 0 Å². The summed E-state index contributed by atoms with van der Waals surface area (Å²) in [5, 5.41) is 2.20. The number of likely N-dealkylation sites (N-methyl/N-ethyl adjacent to an activating group) is 1. The Morgan fingerprint density at radius 3 is 2.34 bits per heavy atom. The van der Waals surface area contributed by atoms with Crippen LogP contribution in [-0.4, -0.2) is 87.2 Å². The van der Waals surface area contributed by atoms with Crippen molar-refractivity contribution in [2.45, 2.75) is 13.8 Å². The summed E-state index contributed by atoms with van der Waals surface area (Å²) >= 11 is 0. The third-order valence-electron chi connectivity index (χ3n) is 6.71. The third-order valence-corrected chi connectivity index (χ3v) is 6.71. The molecule has 0 aromatic heterocycles. The zero-order valence-electron chi connectivity index (χ0n) is 19.7. The van der Waals surface area contributed by atoms with Crippen LogP contribution in [-0.2, 0) is 0 Å². The van der Waals surface area contributed by atoms with E-state index in [1.54, 1.807) is 7.11 Å². The fraction of sp³-hybridized carbons (Fsp3) is 0.480. The standard InChI is InChI=1S/C25H35N5O2/c1-19-6-5-7-22(20(19)2)25(31)29-14-16-30(17-15-29)26-21-8-9-24(32-4)23(18-21)28-12-10-27(3)11-13-28/h5-9,18,26H,10-17H2,1-4H3. The summed E-state index contributed by atoms with van der Waals surface area (Å²) in [6.45, 7) is 11.2. The molecule has 0 spiro atoms. The van der Waals surface area contributed by atoms with Crippen molar-refractivity contribution in [1.29, 1.82) is 0 Å². The molecule has 7 heteroatoms. The van der Waals surface area contributed by atoms with E-state index in [1.165, 1.54) is 0 Å². The van der Waals surface area contributed by atoms with Crippen LogP contribution in [0.5, 0.6) is 5.75 Å². The Morgan fingerprint density at radius 1 is 0.938 bits per heavy atom. The first-order valence-corrected chi connectivity index (χ1v) is 11.4. The van der Waals surface area contributed by atoms with Gasteiger partial charge in [-0.3, -0.25) is 4.79 Å². The lowest BCUT2D eigenvalue weighted by Crippen LogP contribution is -2.50. The number of methoxy groups -OCH3 is 1. The molecule has 2 fully saturated rings. The molecule has 1 amide bonds. The number of hydrogen-bond acceptors (Lipinski definition) is 6. The number of hydrazine groups is 1. The number of carbonyl (C=O) groups excluding carboxylic acids is 1. The molecule has 0 unspecified atom stereocenters. The second kappa shape index (κ2) is 9.79. The van der Waals surface area contributed by atoms with E-state index in [9.17, 15) is 4.79 Å². The van der Waals surface area contributed by atoms with Gasteiger partial charge in [-0.2, -0.15) is 0 Å². The van der Waals surface area contributed by atoms with Crippen LogP contribution in [0.15, 0.2) is 36.4 Å². The molecule has 0 atom stereocenters. The Bertz CT molecular complexity index is 947.